The Kier molecular flexibility index (Phi) is 11.0. The lowest BCUT2D eigenvalue weighted by molar-refractivity contribution is -0.141. The fourth-order valence-electron chi connectivity index (χ4n) is 3.40. The number of amides is 3. The second kappa shape index (κ2) is 13.9. The van der Waals surface area contributed by atoms with Crippen LogP contribution in [0, 0.1) is 0 Å². The Morgan fingerprint density at radius 3 is 2.47 bits per heavy atom. The van der Waals surface area contributed by atoms with Crippen molar-refractivity contribution in [3.63, 3.8) is 0 Å². The van der Waals surface area contributed by atoms with Crippen LogP contribution in [-0.4, -0.2) is 76.7 Å². The summed E-state index contributed by atoms with van der Waals surface area (Å²) < 4.78 is 0. The molecule has 0 radical (unpaired) electrons. The average molecular weight is 521 g/mol. The standard InChI is InChI=1S/C22H32N8O5S/c23-14(8-12-9-27-15-5-2-1-4-13(12)15)19(32)30-16(6-3-7-26-22(24)25)20(33)28-10-18(31)29-17(11-36)21(34)35/h1-2,4-5,9,14,16-17,27,36H,3,6-8,10-11,23H2,(H,28,33)(H,29,31)(H,30,32)(H,34,35)(H4,24,25,26). The molecule has 0 saturated carbocycles. The van der Waals surface area contributed by atoms with Gasteiger partial charge in [-0.25, -0.2) is 4.79 Å². The van der Waals surface area contributed by atoms with Gasteiger partial charge in [-0.2, -0.15) is 12.6 Å². The van der Waals surface area contributed by atoms with E-state index in [1.807, 2.05) is 24.3 Å². The number of hydrogen-bond donors (Lipinski definition) is 9. The zero-order valence-corrected chi connectivity index (χ0v) is 20.5. The van der Waals surface area contributed by atoms with Crippen molar-refractivity contribution in [3.05, 3.63) is 36.0 Å². The number of thiol groups is 1. The second-order valence-corrected chi connectivity index (χ2v) is 8.40. The monoisotopic (exact) mass is 520 g/mol. The molecule has 0 aliphatic heterocycles. The first-order valence-corrected chi connectivity index (χ1v) is 11.8. The average Bonchev–Trinajstić information content (AvgIpc) is 3.25. The molecule has 0 bridgehead atoms. The number of para-hydroxylation sites is 1. The largest absolute Gasteiger partial charge is 0.480 e. The first-order chi connectivity index (χ1) is 17.1. The fourth-order valence-corrected chi connectivity index (χ4v) is 3.65. The number of carboxylic acids is 1. The minimum Gasteiger partial charge on any atom is -0.480 e. The van der Waals surface area contributed by atoms with Crippen molar-refractivity contribution >= 4 is 53.2 Å². The molecule has 196 valence electrons. The Hall–Kier alpha value is -3.78. The summed E-state index contributed by atoms with van der Waals surface area (Å²) in [4.78, 5) is 55.6. The van der Waals surface area contributed by atoms with Crippen molar-refractivity contribution < 1.29 is 24.3 Å². The number of aromatic amines is 1. The molecular formula is C22H32N8O5S. The van der Waals surface area contributed by atoms with E-state index in [9.17, 15) is 19.2 Å². The highest BCUT2D eigenvalue weighted by molar-refractivity contribution is 7.80. The van der Waals surface area contributed by atoms with Crippen molar-refractivity contribution in [2.24, 2.45) is 22.2 Å². The molecule has 3 unspecified atom stereocenters. The maximum atomic E-state index is 12.8. The van der Waals surface area contributed by atoms with Gasteiger partial charge in [0.1, 0.15) is 12.1 Å². The van der Waals surface area contributed by atoms with Gasteiger partial charge in [0, 0.05) is 29.4 Å². The summed E-state index contributed by atoms with van der Waals surface area (Å²) in [7, 11) is 0. The van der Waals surface area contributed by atoms with E-state index < -0.39 is 48.4 Å². The number of carbonyl (C=O) groups is 4. The van der Waals surface area contributed by atoms with Crippen LogP contribution in [0.3, 0.4) is 0 Å². The number of aromatic nitrogens is 1. The van der Waals surface area contributed by atoms with Crippen LogP contribution in [0.25, 0.3) is 10.9 Å². The number of carbonyl (C=O) groups excluding carboxylic acids is 3. The molecule has 0 aliphatic rings. The van der Waals surface area contributed by atoms with Crippen molar-refractivity contribution in [3.8, 4) is 0 Å². The fraction of sp³-hybridized carbons (Fsp3) is 0.409. The molecule has 1 heterocycles. The molecule has 0 saturated heterocycles. The molecule has 14 heteroatoms. The lowest BCUT2D eigenvalue weighted by Gasteiger charge is -2.21. The predicted molar refractivity (Wildman–Crippen MR) is 138 cm³/mol. The van der Waals surface area contributed by atoms with Crippen LogP contribution in [0.1, 0.15) is 18.4 Å². The lowest BCUT2D eigenvalue weighted by Crippen LogP contribution is -2.54. The summed E-state index contributed by atoms with van der Waals surface area (Å²) in [5.74, 6) is -3.37. The number of nitrogens with one attached hydrogen (secondary N) is 4. The third kappa shape index (κ3) is 8.78. The third-order valence-corrected chi connectivity index (χ3v) is 5.63. The molecule has 13 nitrogen and oxygen atoms in total. The first-order valence-electron chi connectivity index (χ1n) is 11.2. The van der Waals surface area contributed by atoms with Crippen LogP contribution in [0.5, 0.6) is 0 Å². The number of hydrogen-bond acceptors (Lipinski definition) is 7. The third-order valence-electron chi connectivity index (χ3n) is 5.27. The topological polar surface area (TPSA) is 231 Å². The van der Waals surface area contributed by atoms with Crippen LogP contribution in [0.15, 0.2) is 35.5 Å². The van der Waals surface area contributed by atoms with Gasteiger partial charge in [0.05, 0.1) is 12.6 Å². The molecule has 0 spiro atoms. The van der Waals surface area contributed by atoms with E-state index in [0.717, 1.165) is 16.5 Å². The van der Waals surface area contributed by atoms with E-state index in [1.54, 1.807) is 6.20 Å². The Morgan fingerprint density at radius 2 is 1.81 bits per heavy atom. The van der Waals surface area contributed by atoms with Crippen LogP contribution in [-0.2, 0) is 25.6 Å². The quantitative estimate of drug-likeness (QED) is 0.0595. The second-order valence-electron chi connectivity index (χ2n) is 8.04. The number of guanidine groups is 1. The molecule has 36 heavy (non-hydrogen) atoms. The number of benzene rings is 1. The van der Waals surface area contributed by atoms with Gasteiger partial charge < -0.3 is 43.2 Å². The van der Waals surface area contributed by atoms with Gasteiger partial charge >= 0.3 is 5.97 Å². The van der Waals surface area contributed by atoms with Gasteiger partial charge in [0.15, 0.2) is 5.96 Å². The van der Waals surface area contributed by atoms with E-state index in [4.69, 9.17) is 22.3 Å². The van der Waals surface area contributed by atoms with Crippen molar-refractivity contribution in [2.45, 2.75) is 37.4 Å². The summed E-state index contributed by atoms with van der Waals surface area (Å²) in [6.45, 7) is -0.260. The highest BCUT2D eigenvalue weighted by atomic mass is 32.1. The van der Waals surface area contributed by atoms with Gasteiger partial charge in [-0.3, -0.25) is 19.4 Å². The number of nitrogens with zero attached hydrogens (tertiary/aromatic N) is 1. The van der Waals surface area contributed by atoms with Crippen molar-refractivity contribution in [1.82, 2.24) is 20.9 Å². The van der Waals surface area contributed by atoms with Crippen molar-refractivity contribution in [1.29, 1.82) is 0 Å². The van der Waals surface area contributed by atoms with Crippen LogP contribution >= 0.6 is 12.6 Å². The molecule has 1 aromatic heterocycles. The molecule has 2 rings (SSSR count). The summed E-state index contributed by atoms with van der Waals surface area (Å²) in [6, 6.07) is 4.44. The van der Waals surface area contributed by atoms with Gasteiger partial charge in [0.25, 0.3) is 0 Å². The smallest absolute Gasteiger partial charge is 0.327 e. The molecular weight excluding hydrogens is 488 g/mol. The van der Waals surface area contributed by atoms with E-state index in [0.29, 0.717) is 6.42 Å². The molecule has 2 aromatic rings. The Balaban J connectivity index is 2.00. The zero-order chi connectivity index (χ0) is 26.7. The Bertz CT molecular complexity index is 1100. The summed E-state index contributed by atoms with van der Waals surface area (Å²) >= 11 is 3.87. The van der Waals surface area contributed by atoms with Gasteiger partial charge in [-0.15, -0.1) is 0 Å². The van der Waals surface area contributed by atoms with Gasteiger partial charge in [-0.05, 0) is 30.9 Å². The number of fused-ring (bicyclic) bond motifs is 1. The molecule has 3 atom stereocenters. The van der Waals surface area contributed by atoms with E-state index in [2.05, 4.69) is 38.6 Å². The highest BCUT2D eigenvalue weighted by Crippen LogP contribution is 2.18. The van der Waals surface area contributed by atoms with Gasteiger partial charge in [0.2, 0.25) is 17.7 Å². The summed E-state index contributed by atoms with van der Waals surface area (Å²) in [5, 5.41) is 17.2. The molecule has 1 aromatic carbocycles. The normalized spacial score (nSPS) is 13.3. The number of aliphatic imine (C=N–C) groups is 1. The van der Waals surface area contributed by atoms with E-state index >= 15 is 0 Å². The van der Waals surface area contributed by atoms with E-state index in [-0.39, 0.29) is 31.1 Å². The Morgan fingerprint density at radius 1 is 1.08 bits per heavy atom. The molecule has 0 aliphatic carbocycles. The summed E-state index contributed by atoms with van der Waals surface area (Å²) in [6.07, 6.45) is 2.55. The number of H-pyrrole nitrogens is 1. The Labute approximate surface area is 213 Å². The number of aliphatic carboxylic acids is 1. The maximum absolute atomic E-state index is 12.8. The maximum Gasteiger partial charge on any atom is 0.327 e. The van der Waals surface area contributed by atoms with Crippen LogP contribution in [0.4, 0.5) is 0 Å². The minimum absolute atomic E-state index is 0.102. The van der Waals surface area contributed by atoms with Crippen molar-refractivity contribution in [2.75, 3.05) is 18.8 Å². The zero-order valence-electron chi connectivity index (χ0n) is 19.6. The minimum atomic E-state index is -1.25. The number of nitrogens with two attached hydrogens (primary N) is 3. The van der Waals surface area contributed by atoms with Gasteiger partial charge in [-0.1, -0.05) is 18.2 Å². The lowest BCUT2D eigenvalue weighted by atomic mass is 10.0. The number of carboxylic acid groups (broad SMARTS) is 1. The first kappa shape index (κ1) is 28.5. The van der Waals surface area contributed by atoms with E-state index in [1.165, 1.54) is 0 Å². The SMILES string of the molecule is NC(N)=NCCCC(NC(=O)C(N)Cc1c[nH]c2ccccc12)C(=O)NCC(=O)NC(CS)C(=O)O. The van der Waals surface area contributed by atoms with Crippen LogP contribution in [0.2, 0.25) is 0 Å². The molecule has 3 amide bonds. The molecule has 11 N–H and O–H groups in total. The van der Waals surface area contributed by atoms with Crippen LogP contribution < -0.4 is 33.2 Å². The summed E-state index contributed by atoms with van der Waals surface area (Å²) in [5.41, 5.74) is 18.5. The highest BCUT2D eigenvalue weighted by Gasteiger charge is 2.25. The number of rotatable bonds is 14. The molecule has 0 fully saturated rings. The predicted octanol–water partition coefficient (Wildman–Crippen LogP) is -1.81.